The molecule has 0 saturated heterocycles. The number of esters is 1. The van der Waals surface area contributed by atoms with E-state index in [1.807, 2.05) is 0 Å². The van der Waals surface area contributed by atoms with Crippen molar-refractivity contribution >= 4 is 23.4 Å². The first-order valence-electron chi connectivity index (χ1n) is 10.5. The summed E-state index contributed by atoms with van der Waals surface area (Å²) in [4.78, 5) is 32.0. The van der Waals surface area contributed by atoms with E-state index in [0.717, 1.165) is 12.8 Å². The summed E-state index contributed by atoms with van der Waals surface area (Å²) in [7, 11) is 1.27. The van der Waals surface area contributed by atoms with E-state index in [1.165, 1.54) is 7.11 Å². The molecule has 1 aromatic heterocycles. The van der Waals surface area contributed by atoms with Gasteiger partial charge in [0.1, 0.15) is 17.9 Å². The standard InChI is InChI=1S/C22H28N6O4/c1-12(2)32-21(29)16-7-5-4-6-15(24)20-27-18(11-23)19(28-20)14-9-8-13(10-17(14)26-16)25-22(30)31-3/h8-10,12,15-16,26H,4-7,24H2,1-3H3,(H,25,30)(H,27,28)/t15-,16+/m0/s1. The second kappa shape index (κ2) is 10.2. The lowest BCUT2D eigenvalue weighted by atomic mass is 10.0. The molecule has 1 amide bonds. The van der Waals surface area contributed by atoms with E-state index in [2.05, 4.69) is 31.4 Å². The number of fused-ring (bicyclic) bond motifs is 4. The molecule has 2 heterocycles. The van der Waals surface area contributed by atoms with Gasteiger partial charge in [0.25, 0.3) is 0 Å². The zero-order valence-corrected chi connectivity index (χ0v) is 18.4. The fraction of sp³-hybridized carbons (Fsp3) is 0.455. The number of nitrogens with zero attached hydrogens (tertiary/aromatic N) is 2. The number of nitrogens with one attached hydrogen (secondary N) is 3. The lowest BCUT2D eigenvalue weighted by molar-refractivity contribution is -0.148. The molecule has 170 valence electrons. The molecule has 2 aromatic rings. The average molecular weight is 441 g/mol. The van der Waals surface area contributed by atoms with E-state index < -0.39 is 12.1 Å². The number of H-pyrrole nitrogens is 1. The van der Waals surface area contributed by atoms with Crippen LogP contribution in [0.1, 0.15) is 57.1 Å². The number of hydrogen-bond acceptors (Lipinski definition) is 8. The minimum atomic E-state index is -0.624. The molecule has 3 rings (SSSR count). The van der Waals surface area contributed by atoms with Gasteiger partial charge in [-0.25, -0.2) is 14.6 Å². The smallest absolute Gasteiger partial charge is 0.411 e. The molecule has 10 nitrogen and oxygen atoms in total. The van der Waals surface area contributed by atoms with Crippen LogP contribution in [-0.4, -0.2) is 41.3 Å². The van der Waals surface area contributed by atoms with E-state index in [1.54, 1.807) is 32.0 Å². The molecule has 1 aliphatic rings. The Morgan fingerprint density at radius 3 is 2.75 bits per heavy atom. The van der Waals surface area contributed by atoms with Crippen molar-refractivity contribution in [2.75, 3.05) is 17.7 Å². The van der Waals surface area contributed by atoms with Crippen LogP contribution in [0.3, 0.4) is 0 Å². The number of hydrogen-bond donors (Lipinski definition) is 4. The fourth-order valence-corrected chi connectivity index (χ4v) is 3.57. The summed E-state index contributed by atoms with van der Waals surface area (Å²) in [5.74, 6) is 0.167. The largest absolute Gasteiger partial charge is 0.461 e. The van der Waals surface area contributed by atoms with Crippen LogP contribution < -0.4 is 16.4 Å². The van der Waals surface area contributed by atoms with Gasteiger partial charge >= 0.3 is 12.1 Å². The number of methoxy groups -OCH3 is 1. The number of nitrogens with two attached hydrogens (primary N) is 1. The van der Waals surface area contributed by atoms with Crippen LogP contribution in [0, 0.1) is 11.3 Å². The molecule has 5 N–H and O–H groups in total. The number of rotatable bonds is 3. The van der Waals surface area contributed by atoms with E-state index >= 15 is 0 Å². The Kier molecular flexibility index (Phi) is 7.33. The molecule has 0 unspecified atom stereocenters. The predicted octanol–water partition coefficient (Wildman–Crippen LogP) is 3.43. The molecule has 1 aromatic carbocycles. The topological polar surface area (TPSA) is 155 Å². The lowest BCUT2D eigenvalue weighted by Crippen LogP contribution is -2.33. The van der Waals surface area contributed by atoms with Crippen LogP contribution in [0.4, 0.5) is 16.2 Å². The Hall–Kier alpha value is -3.58. The van der Waals surface area contributed by atoms with Crippen molar-refractivity contribution < 1.29 is 19.1 Å². The molecule has 0 fully saturated rings. The Morgan fingerprint density at radius 1 is 1.31 bits per heavy atom. The van der Waals surface area contributed by atoms with Gasteiger partial charge in [-0.15, -0.1) is 0 Å². The maximum atomic E-state index is 12.8. The lowest BCUT2D eigenvalue weighted by Gasteiger charge is -2.23. The van der Waals surface area contributed by atoms with Crippen LogP contribution in [0.5, 0.6) is 0 Å². The van der Waals surface area contributed by atoms with Crippen molar-refractivity contribution in [2.45, 2.75) is 57.7 Å². The van der Waals surface area contributed by atoms with Gasteiger partial charge in [0.15, 0.2) is 5.69 Å². The van der Waals surface area contributed by atoms with Crippen molar-refractivity contribution in [1.82, 2.24) is 9.97 Å². The summed E-state index contributed by atoms with van der Waals surface area (Å²) in [6.45, 7) is 3.59. The van der Waals surface area contributed by atoms with Crippen molar-refractivity contribution in [3.05, 3.63) is 29.7 Å². The van der Waals surface area contributed by atoms with Crippen molar-refractivity contribution in [1.29, 1.82) is 5.26 Å². The van der Waals surface area contributed by atoms with E-state index in [0.29, 0.717) is 41.3 Å². The number of nitriles is 1. The first-order valence-corrected chi connectivity index (χ1v) is 10.5. The second-order valence-electron chi connectivity index (χ2n) is 7.91. The summed E-state index contributed by atoms with van der Waals surface area (Å²) in [5.41, 5.74) is 8.59. The highest BCUT2D eigenvalue weighted by Gasteiger charge is 2.25. The Morgan fingerprint density at radius 2 is 2.06 bits per heavy atom. The maximum absolute atomic E-state index is 12.8. The average Bonchev–Trinajstić information content (AvgIpc) is 3.19. The quantitative estimate of drug-likeness (QED) is 0.529. The number of anilines is 2. The highest BCUT2D eigenvalue weighted by Crippen LogP contribution is 2.34. The zero-order chi connectivity index (χ0) is 23.3. The summed E-state index contributed by atoms with van der Waals surface area (Å²) < 4.78 is 10.1. The molecule has 2 bridgehead atoms. The van der Waals surface area contributed by atoms with Gasteiger partial charge in [-0.05, 0) is 44.9 Å². The van der Waals surface area contributed by atoms with Crippen molar-refractivity contribution in [3.8, 4) is 17.3 Å². The highest BCUT2D eigenvalue weighted by atomic mass is 16.5. The van der Waals surface area contributed by atoms with Crippen molar-refractivity contribution in [3.63, 3.8) is 0 Å². The van der Waals surface area contributed by atoms with Crippen LogP contribution >= 0.6 is 0 Å². The zero-order valence-electron chi connectivity index (χ0n) is 18.4. The van der Waals surface area contributed by atoms with Gasteiger partial charge in [-0.1, -0.05) is 12.8 Å². The number of aromatic amines is 1. The monoisotopic (exact) mass is 440 g/mol. The number of carbonyl (C=O) groups excluding carboxylic acids is 2. The van der Waals surface area contributed by atoms with Crippen LogP contribution in [-0.2, 0) is 14.3 Å². The van der Waals surface area contributed by atoms with Crippen LogP contribution in [0.25, 0.3) is 11.3 Å². The minimum absolute atomic E-state index is 0.202. The Bertz CT molecular complexity index is 1030. The molecule has 0 spiro atoms. The summed E-state index contributed by atoms with van der Waals surface area (Å²) in [6.07, 6.45) is 1.85. The number of aromatic nitrogens is 2. The summed E-state index contributed by atoms with van der Waals surface area (Å²) in [5, 5.41) is 15.5. The van der Waals surface area contributed by atoms with Gasteiger partial charge in [-0.3, -0.25) is 5.32 Å². The molecular weight excluding hydrogens is 412 g/mol. The Balaban J connectivity index is 2.11. The number of ether oxygens (including phenoxy) is 2. The molecule has 10 heteroatoms. The fourth-order valence-electron chi connectivity index (χ4n) is 3.57. The molecule has 2 atom stereocenters. The van der Waals surface area contributed by atoms with Gasteiger partial charge < -0.3 is 25.5 Å². The molecule has 0 saturated carbocycles. The first-order chi connectivity index (χ1) is 15.3. The van der Waals surface area contributed by atoms with Gasteiger partial charge in [0.2, 0.25) is 0 Å². The van der Waals surface area contributed by atoms with Gasteiger partial charge in [-0.2, -0.15) is 5.26 Å². The normalized spacial score (nSPS) is 18.2. The number of amides is 1. The molecule has 0 radical (unpaired) electrons. The first kappa shape index (κ1) is 23.1. The van der Waals surface area contributed by atoms with Crippen LogP contribution in [0.15, 0.2) is 18.2 Å². The third-order valence-corrected chi connectivity index (χ3v) is 5.12. The van der Waals surface area contributed by atoms with E-state index in [9.17, 15) is 14.9 Å². The summed E-state index contributed by atoms with van der Waals surface area (Å²) in [6, 6.07) is 6.21. The molecular formula is C22H28N6O4. The van der Waals surface area contributed by atoms with Crippen molar-refractivity contribution in [2.24, 2.45) is 5.73 Å². The summed E-state index contributed by atoms with van der Waals surface area (Å²) >= 11 is 0. The maximum Gasteiger partial charge on any atom is 0.411 e. The van der Waals surface area contributed by atoms with Gasteiger partial charge in [0.05, 0.1) is 24.9 Å². The number of carbonyl (C=O) groups is 2. The van der Waals surface area contributed by atoms with Crippen LogP contribution in [0.2, 0.25) is 0 Å². The predicted molar refractivity (Wildman–Crippen MR) is 119 cm³/mol. The number of imidazole rings is 1. The third kappa shape index (κ3) is 5.36. The minimum Gasteiger partial charge on any atom is -0.461 e. The molecule has 32 heavy (non-hydrogen) atoms. The number of benzene rings is 1. The van der Waals surface area contributed by atoms with Gasteiger partial charge in [0, 0.05) is 16.9 Å². The second-order valence-corrected chi connectivity index (χ2v) is 7.91. The SMILES string of the molecule is COC(=O)Nc1ccc2c(c1)N[C@@H](C(=O)OC(C)C)CCCC[C@H](N)c1nc(C#N)c-2[nH]1. The third-order valence-electron chi connectivity index (χ3n) is 5.12. The molecule has 1 aliphatic heterocycles. The highest BCUT2D eigenvalue weighted by molar-refractivity contribution is 5.90. The van der Waals surface area contributed by atoms with E-state index in [4.69, 9.17) is 10.5 Å². The van der Waals surface area contributed by atoms with E-state index in [-0.39, 0.29) is 23.8 Å². The Labute approximate surface area is 186 Å². The molecule has 0 aliphatic carbocycles.